The van der Waals surface area contributed by atoms with Crippen LogP contribution in [0.3, 0.4) is 0 Å². The van der Waals surface area contributed by atoms with Crippen LogP contribution in [0.1, 0.15) is 27.7 Å². The molecule has 0 spiro atoms. The second-order valence-electron chi connectivity index (χ2n) is 7.27. The van der Waals surface area contributed by atoms with E-state index in [2.05, 4.69) is 112 Å². The Morgan fingerprint density at radius 1 is 0.464 bits per heavy atom. The van der Waals surface area contributed by atoms with Gasteiger partial charge >= 0.3 is 0 Å². The number of rotatable bonds is 4. The fourth-order valence-electron chi connectivity index (χ4n) is 3.12. The molecule has 0 saturated carbocycles. The van der Waals surface area contributed by atoms with E-state index in [1.165, 1.54) is 32.3 Å². The van der Waals surface area contributed by atoms with Crippen molar-refractivity contribution in [1.29, 1.82) is 0 Å². The average molecular weight is 377 g/mol. The van der Waals surface area contributed by atoms with Crippen molar-refractivity contribution in [2.45, 2.75) is 27.7 Å². The maximum atomic E-state index is 2.25. The third-order valence-electron chi connectivity index (χ3n) is 5.55. The molecule has 0 unspecified atom stereocenters. The van der Waals surface area contributed by atoms with Gasteiger partial charge in [-0.25, -0.2) is 0 Å². The zero-order valence-electron chi connectivity index (χ0n) is 18.5. The van der Waals surface area contributed by atoms with E-state index in [0.717, 1.165) is 26.2 Å². The standard InChI is InChI=1S/C16H10.2C5H13N/c1-3-11-7-9-13-5-2-6-14-10-8-12(4-1)15(11)16(13)14;2*1-4-6(3)5-2/h1-10H;2*4-5H2,1-3H3. The summed E-state index contributed by atoms with van der Waals surface area (Å²) in [6.45, 7) is 13.3. The Labute approximate surface area is 171 Å². The van der Waals surface area contributed by atoms with Gasteiger partial charge in [0.1, 0.15) is 0 Å². The molecule has 4 rings (SSSR count). The molecule has 4 aromatic rings. The van der Waals surface area contributed by atoms with Gasteiger partial charge < -0.3 is 9.80 Å². The van der Waals surface area contributed by atoms with Crippen molar-refractivity contribution in [2.24, 2.45) is 0 Å². The van der Waals surface area contributed by atoms with Crippen LogP contribution in [0.15, 0.2) is 60.7 Å². The molecule has 0 aliphatic heterocycles. The van der Waals surface area contributed by atoms with Gasteiger partial charge in [-0.15, -0.1) is 0 Å². The van der Waals surface area contributed by atoms with Crippen LogP contribution in [0.4, 0.5) is 0 Å². The molecule has 0 aliphatic rings. The quantitative estimate of drug-likeness (QED) is 0.375. The van der Waals surface area contributed by atoms with Gasteiger partial charge in [0, 0.05) is 0 Å². The summed E-state index contributed by atoms with van der Waals surface area (Å²) in [6.07, 6.45) is 0. The maximum Gasteiger partial charge on any atom is -0.00268 e. The molecule has 0 bridgehead atoms. The summed E-state index contributed by atoms with van der Waals surface area (Å²) in [5.41, 5.74) is 0. The Morgan fingerprint density at radius 3 is 0.893 bits per heavy atom. The van der Waals surface area contributed by atoms with Gasteiger partial charge in [0.25, 0.3) is 0 Å². The molecule has 0 aliphatic carbocycles. The Bertz CT molecular complexity index is 812. The van der Waals surface area contributed by atoms with Gasteiger partial charge in [0.05, 0.1) is 0 Å². The first-order valence-electron chi connectivity index (χ1n) is 10.5. The molecule has 0 saturated heterocycles. The number of nitrogens with zero attached hydrogens (tertiary/aromatic N) is 2. The molecule has 0 aromatic heterocycles. The van der Waals surface area contributed by atoms with Crippen LogP contribution in [0.5, 0.6) is 0 Å². The number of hydrogen-bond donors (Lipinski definition) is 0. The normalized spacial score (nSPS) is 11.0. The zero-order valence-corrected chi connectivity index (χ0v) is 18.5. The van der Waals surface area contributed by atoms with Crippen LogP contribution in [0, 0.1) is 0 Å². The van der Waals surface area contributed by atoms with E-state index in [9.17, 15) is 0 Å². The summed E-state index contributed by atoms with van der Waals surface area (Å²) in [5, 5.41) is 8.14. The van der Waals surface area contributed by atoms with Gasteiger partial charge in [-0.3, -0.25) is 0 Å². The second kappa shape index (κ2) is 11.0. The lowest BCUT2D eigenvalue weighted by molar-refractivity contribution is 0.373. The summed E-state index contributed by atoms with van der Waals surface area (Å²) in [5.74, 6) is 0. The monoisotopic (exact) mass is 376 g/mol. The van der Waals surface area contributed by atoms with Crippen molar-refractivity contribution in [3.8, 4) is 0 Å². The molecule has 0 heterocycles. The van der Waals surface area contributed by atoms with Crippen molar-refractivity contribution in [2.75, 3.05) is 40.3 Å². The number of hydrogen-bond acceptors (Lipinski definition) is 2. The summed E-state index contributed by atoms with van der Waals surface area (Å²) < 4.78 is 0. The predicted molar refractivity (Wildman–Crippen MR) is 128 cm³/mol. The third kappa shape index (κ3) is 5.43. The Hall–Kier alpha value is -2.16. The molecule has 2 nitrogen and oxygen atoms in total. The maximum absolute atomic E-state index is 2.25. The van der Waals surface area contributed by atoms with Crippen LogP contribution in [-0.4, -0.2) is 50.1 Å². The largest absolute Gasteiger partial charge is 0.307 e. The topological polar surface area (TPSA) is 6.48 Å². The van der Waals surface area contributed by atoms with Gasteiger partial charge in [-0.05, 0) is 72.6 Å². The first kappa shape index (κ1) is 22.1. The molecule has 28 heavy (non-hydrogen) atoms. The molecule has 4 aromatic carbocycles. The van der Waals surface area contributed by atoms with E-state index >= 15 is 0 Å². The summed E-state index contributed by atoms with van der Waals surface area (Å²) in [6, 6.07) is 21.9. The van der Waals surface area contributed by atoms with E-state index < -0.39 is 0 Å². The van der Waals surface area contributed by atoms with Crippen molar-refractivity contribution >= 4 is 32.3 Å². The molecule has 0 radical (unpaired) electrons. The summed E-state index contributed by atoms with van der Waals surface area (Å²) in [7, 11) is 4.22. The molecular weight excluding hydrogens is 340 g/mol. The minimum absolute atomic E-state index is 1.16. The van der Waals surface area contributed by atoms with Crippen molar-refractivity contribution in [3.05, 3.63) is 60.7 Å². The first-order chi connectivity index (χ1) is 13.5. The highest BCUT2D eigenvalue weighted by Gasteiger charge is 2.05. The van der Waals surface area contributed by atoms with E-state index in [4.69, 9.17) is 0 Å². The third-order valence-corrected chi connectivity index (χ3v) is 5.55. The fraction of sp³-hybridized carbons (Fsp3) is 0.385. The molecule has 0 amide bonds. The van der Waals surface area contributed by atoms with Crippen LogP contribution in [0.2, 0.25) is 0 Å². The Morgan fingerprint density at radius 2 is 0.714 bits per heavy atom. The molecular formula is C26H36N2. The van der Waals surface area contributed by atoms with Crippen molar-refractivity contribution < 1.29 is 0 Å². The van der Waals surface area contributed by atoms with Gasteiger partial charge in [0.2, 0.25) is 0 Å². The lowest BCUT2D eigenvalue weighted by Gasteiger charge is -2.09. The van der Waals surface area contributed by atoms with E-state index in [0.29, 0.717) is 0 Å². The van der Waals surface area contributed by atoms with Crippen LogP contribution in [-0.2, 0) is 0 Å². The highest BCUT2D eigenvalue weighted by atomic mass is 15.1. The van der Waals surface area contributed by atoms with Crippen molar-refractivity contribution in [1.82, 2.24) is 9.80 Å². The van der Waals surface area contributed by atoms with E-state index in [-0.39, 0.29) is 0 Å². The minimum atomic E-state index is 1.16. The van der Waals surface area contributed by atoms with Gasteiger partial charge in [-0.2, -0.15) is 0 Å². The van der Waals surface area contributed by atoms with Gasteiger partial charge in [0.15, 0.2) is 0 Å². The molecule has 2 heteroatoms. The Kier molecular flexibility index (Phi) is 8.69. The SMILES string of the molecule is CCN(C)CC.CCN(C)CC.c1cc2ccc3cccc4ccc(c1)c2c34. The first-order valence-corrected chi connectivity index (χ1v) is 10.5. The second-order valence-corrected chi connectivity index (χ2v) is 7.27. The minimum Gasteiger partial charge on any atom is -0.307 e. The lowest BCUT2D eigenvalue weighted by Crippen LogP contribution is -2.15. The lowest BCUT2D eigenvalue weighted by atomic mass is 9.95. The van der Waals surface area contributed by atoms with Crippen LogP contribution < -0.4 is 0 Å². The fourth-order valence-corrected chi connectivity index (χ4v) is 3.12. The number of benzene rings is 4. The van der Waals surface area contributed by atoms with E-state index in [1.54, 1.807) is 0 Å². The summed E-state index contributed by atoms with van der Waals surface area (Å²) in [4.78, 5) is 4.50. The van der Waals surface area contributed by atoms with Gasteiger partial charge in [-0.1, -0.05) is 88.4 Å². The Balaban J connectivity index is 0.000000197. The van der Waals surface area contributed by atoms with Crippen molar-refractivity contribution in [3.63, 3.8) is 0 Å². The van der Waals surface area contributed by atoms with E-state index in [1.807, 2.05) is 0 Å². The summed E-state index contributed by atoms with van der Waals surface area (Å²) >= 11 is 0. The molecule has 0 N–H and O–H groups in total. The van der Waals surface area contributed by atoms with Crippen LogP contribution in [0.25, 0.3) is 32.3 Å². The van der Waals surface area contributed by atoms with Crippen LogP contribution >= 0.6 is 0 Å². The molecule has 150 valence electrons. The average Bonchev–Trinajstić information content (AvgIpc) is 2.77. The molecule has 0 atom stereocenters. The highest BCUT2D eigenvalue weighted by Crippen LogP contribution is 2.33. The predicted octanol–water partition coefficient (Wildman–Crippen LogP) is 6.50. The molecule has 0 fully saturated rings. The highest BCUT2D eigenvalue weighted by molar-refractivity contribution is 6.22. The zero-order chi connectivity index (χ0) is 20.5. The smallest absolute Gasteiger partial charge is 0.00268 e.